The summed E-state index contributed by atoms with van der Waals surface area (Å²) < 4.78 is 0. The van der Waals surface area contributed by atoms with E-state index in [2.05, 4.69) is 34.3 Å². The molecule has 1 aliphatic heterocycles. The molecule has 1 unspecified atom stereocenters. The number of anilines is 1. The number of nitrogens with zero attached hydrogens (tertiary/aromatic N) is 2. The third-order valence-electron chi connectivity index (χ3n) is 4.33. The molecule has 1 atom stereocenters. The molecule has 2 heterocycles. The molecule has 0 radical (unpaired) electrons. The monoisotopic (exact) mass is 315 g/mol. The summed E-state index contributed by atoms with van der Waals surface area (Å²) in [5.74, 6) is 1.08. The van der Waals surface area contributed by atoms with Gasteiger partial charge in [-0.1, -0.05) is 35.9 Å². The first-order valence-corrected chi connectivity index (χ1v) is 8.28. The standard InChI is InChI=1S/C18H22ClN3/c1-14(16-6-2-3-7-17(16)19)21-15-9-12-22(13-10-15)18-8-4-5-11-20-18/h2-8,11,14-15,21H,9-10,12-13H2,1H3. The second kappa shape index (κ2) is 7.12. The van der Waals surface area contributed by atoms with Gasteiger partial charge in [0.05, 0.1) is 0 Å². The molecule has 1 saturated heterocycles. The van der Waals surface area contributed by atoms with Crippen molar-refractivity contribution in [3.63, 3.8) is 0 Å². The number of hydrogen-bond donors (Lipinski definition) is 1. The van der Waals surface area contributed by atoms with Crippen LogP contribution in [-0.4, -0.2) is 24.1 Å². The summed E-state index contributed by atoms with van der Waals surface area (Å²) >= 11 is 6.28. The highest BCUT2D eigenvalue weighted by Crippen LogP contribution is 2.24. The third kappa shape index (κ3) is 3.60. The molecule has 0 saturated carbocycles. The predicted octanol–water partition coefficient (Wildman–Crippen LogP) is 4.05. The van der Waals surface area contributed by atoms with Gasteiger partial charge >= 0.3 is 0 Å². The van der Waals surface area contributed by atoms with Crippen molar-refractivity contribution >= 4 is 17.4 Å². The van der Waals surface area contributed by atoms with Crippen LogP contribution >= 0.6 is 11.6 Å². The second-order valence-electron chi connectivity index (χ2n) is 5.86. The van der Waals surface area contributed by atoms with Gasteiger partial charge in [-0.3, -0.25) is 0 Å². The van der Waals surface area contributed by atoms with Gasteiger partial charge in [-0.05, 0) is 43.5 Å². The molecule has 3 rings (SSSR count). The number of nitrogens with one attached hydrogen (secondary N) is 1. The summed E-state index contributed by atoms with van der Waals surface area (Å²) in [6, 6.07) is 15.0. The quantitative estimate of drug-likeness (QED) is 0.922. The van der Waals surface area contributed by atoms with Gasteiger partial charge in [0.1, 0.15) is 5.82 Å². The lowest BCUT2D eigenvalue weighted by molar-refractivity contribution is 0.380. The summed E-state index contributed by atoms with van der Waals surface area (Å²) in [7, 11) is 0. The molecule has 1 aromatic carbocycles. The van der Waals surface area contributed by atoms with Gasteiger partial charge in [0.2, 0.25) is 0 Å². The smallest absolute Gasteiger partial charge is 0.128 e. The Kier molecular flexibility index (Phi) is 4.96. The van der Waals surface area contributed by atoms with Gasteiger partial charge in [0, 0.05) is 36.4 Å². The van der Waals surface area contributed by atoms with Crippen LogP contribution < -0.4 is 10.2 Å². The largest absolute Gasteiger partial charge is 0.357 e. The molecule has 2 aromatic rings. The molecule has 1 aliphatic rings. The van der Waals surface area contributed by atoms with E-state index in [0.717, 1.165) is 36.8 Å². The molecule has 3 nitrogen and oxygen atoms in total. The Morgan fingerprint density at radius 1 is 1.14 bits per heavy atom. The molecule has 0 aliphatic carbocycles. The van der Waals surface area contributed by atoms with Gasteiger partial charge in [-0.15, -0.1) is 0 Å². The molecule has 1 fully saturated rings. The summed E-state index contributed by atoms with van der Waals surface area (Å²) in [5, 5.41) is 4.56. The zero-order valence-corrected chi connectivity index (χ0v) is 13.6. The third-order valence-corrected chi connectivity index (χ3v) is 4.67. The first-order valence-electron chi connectivity index (χ1n) is 7.90. The van der Waals surface area contributed by atoms with Crippen molar-refractivity contribution in [1.29, 1.82) is 0 Å². The second-order valence-corrected chi connectivity index (χ2v) is 6.27. The maximum absolute atomic E-state index is 6.28. The van der Waals surface area contributed by atoms with E-state index in [1.165, 1.54) is 5.56 Å². The van der Waals surface area contributed by atoms with Crippen molar-refractivity contribution in [3.05, 3.63) is 59.2 Å². The van der Waals surface area contributed by atoms with Crippen LogP contribution in [0.4, 0.5) is 5.82 Å². The number of aromatic nitrogens is 1. The fraction of sp³-hybridized carbons (Fsp3) is 0.389. The van der Waals surface area contributed by atoms with Gasteiger partial charge in [0.25, 0.3) is 0 Å². The molecule has 116 valence electrons. The lowest BCUT2D eigenvalue weighted by atomic mass is 10.0. The summed E-state index contributed by atoms with van der Waals surface area (Å²) in [5.41, 5.74) is 1.18. The zero-order valence-electron chi connectivity index (χ0n) is 12.9. The Morgan fingerprint density at radius 2 is 1.86 bits per heavy atom. The van der Waals surface area contributed by atoms with E-state index in [1.807, 2.05) is 36.5 Å². The first kappa shape index (κ1) is 15.3. The van der Waals surface area contributed by atoms with Crippen molar-refractivity contribution < 1.29 is 0 Å². The predicted molar refractivity (Wildman–Crippen MR) is 92.5 cm³/mol. The van der Waals surface area contributed by atoms with Crippen LogP contribution in [0.3, 0.4) is 0 Å². The number of halogens is 1. The van der Waals surface area contributed by atoms with E-state index in [9.17, 15) is 0 Å². The van der Waals surface area contributed by atoms with Gasteiger partial charge in [0.15, 0.2) is 0 Å². The maximum atomic E-state index is 6.28. The summed E-state index contributed by atoms with van der Waals surface area (Å²) in [6.07, 6.45) is 4.12. The van der Waals surface area contributed by atoms with Crippen LogP contribution in [0.25, 0.3) is 0 Å². The van der Waals surface area contributed by atoms with Crippen LogP contribution in [0.1, 0.15) is 31.4 Å². The van der Waals surface area contributed by atoms with Crippen molar-refractivity contribution in [1.82, 2.24) is 10.3 Å². The van der Waals surface area contributed by atoms with Crippen LogP contribution in [0.5, 0.6) is 0 Å². The molecule has 0 bridgehead atoms. The Hall–Kier alpha value is -1.58. The van der Waals surface area contributed by atoms with Gasteiger partial charge in [-0.25, -0.2) is 4.98 Å². The van der Waals surface area contributed by atoms with Gasteiger partial charge in [-0.2, -0.15) is 0 Å². The van der Waals surface area contributed by atoms with E-state index in [1.54, 1.807) is 0 Å². The first-order chi connectivity index (χ1) is 10.7. The van der Waals surface area contributed by atoms with E-state index in [4.69, 9.17) is 11.6 Å². The number of benzene rings is 1. The Labute approximate surface area is 137 Å². The molecule has 4 heteroatoms. The summed E-state index contributed by atoms with van der Waals surface area (Å²) in [4.78, 5) is 6.80. The molecular formula is C18H22ClN3. The fourth-order valence-corrected chi connectivity index (χ4v) is 3.39. The highest BCUT2D eigenvalue weighted by atomic mass is 35.5. The van der Waals surface area contributed by atoms with E-state index < -0.39 is 0 Å². The molecule has 22 heavy (non-hydrogen) atoms. The summed E-state index contributed by atoms with van der Waals surface area (Å²) in [6.45, 7) is 4.28. The topological polar surface area (TPSA) is 28.2 Å². The van der Waals surface area contributed by atoms with Gasteiger partial charge < -0.3 is 10.2 Å². The lowest BCUT2D eigenvalue weighted by Crippen LogP contribution is -2.43. The number of pyridine rings is 1. The average Bonchev–Trinajstić information content (AvgIpc) is 2.57. The Bertz CT molecular complexity index is 594. The lowest BCUT2D eigenvalue weighted by Gasteiger charge is -2.34. The maximum Gasteiger partial charge on any atom is 0.128 e. The highest BCUT2D eigenvalue weighted by Gasteiger charge is 2.22. The molecular weight excluding hydrogens is 294 g/mol. The zero-order chi connectivity index (χ0) is 15.4. The molecule has 1 N–H and O–H groups in total. The number of rotatable bonds is 4. The Morgan fingerprint density at radius 3 is 2.55 bits per heavy atom. The normalized spacial score (nSPS) is 17.5. The van der Waals surface area contributed by atoms with Crippen molar-refractivity contribution in [3.8, 4) is 0 Å². The van der Waals surface area contributed by atoms with Crippen LogP contribution in [0.15, 0.2) is 48.7 Å². The Balaban J connectivity index is 1.55. The van der Waals surface area contributed by atoms with Crippen molar-refractivity contribution in [2.24, 2.45) is 0 Å². The average molecular weight is 316 g/mol. The minimum Gasteiger partial charge on any atom is -0.357 e. The fourth-order valence-electron chi connectivity index (χ4n) is 3.09. The van der Waals surface area contributed by atoms with E-state index >= 15 is 0 Å². The van der Waals surface area contributed by atoms with Crippen molar-refractivity contribution in [2.75, 3.05) is 18.0 Å². The molecule has 1 aromatic heterocycles. The van der Waals surface area contributed by atoms with Crippen LogP contribution in [0, 0.1) is 0 Å². The van der Waals surface area contributed by atoms with E-state index in [0.29, 0.717) is 6.04 Å². The SMILES string of the molecule is CC(NC1CCN(c2ccccn2)CC1)c1ccccc1Cl. The number of piperidine rings is 1. The van der Waals surface area contributed by atoms with Crippen LogP contribution in [-0.2, 0) is 0 Å². The minimum absolute atomic E-state index is 0.278. The van der Waals surface area contributed by atoms with Crippen molar-refractivity contribution in [2.45, 2.75) is 31.8 Å². The highest BCUT2D eigenvalue weighted by molar-refractivity contribution is 6.31. The molecule has 0 spiro atoms. The minimum atomic E-state index is 0.278. The van der Waals surface area contributed by atoms with E-state index in [-0.39, 0.29) is 6.04 Å². The number of hydrogen-bond acceptors (Lipinski definition) is 3. The van der Waals surface area contributed by atoms with Crippen LogP contribution in [0.2, 0.25) is 5.02 Å². The molecule has 0 amide bonds.